The van der Waals surface area contributed by atoms with Crippen molar-refractivity contribution in [3.63, 3.8) is 0 Å². The molecule has 1 atom stereocenters. The Morgan fingerprint density at radius 1 is 0.971 bits per heavy atom. The summed E-state index contributed by atoms with van der Waals surface area (Å²) in [6.07, 6.45) is 9.04. The van der Waals surface area contributed by atoms with Crippen molar-refractivity contribution in [1.29, 1.82) is 0 Å². The highest BCUT2D eigenvalue weighted by molar-refractivity contribution is 5.94. The van der Waals surface area contributed by atoms with Crippen LogP contribution in [-0.2, 0) is 5.60 Å². The Hall–Kier alpha value is -2.37. The van der Waals surface area contributed by atoms with Crippen molar-refractivity contribution < 1.29 is 19.4 Å². The lowest BCUT2D eigenvalue weighted by atomic mass is 9.65. The van der Waals surface area contributed by atoms with Crippen LogP contribution in [0.3, 0.4) is 0 Å². The molecule has 1 aliphatic heterocycles. The number of piperidine rings is 1. The molecular weight excluding hydrogens is 438 g/mol. The number of likely N-dealkylation sites (tertiary alicyclic amines) is 1. The van der Waals surface area contributed by atoms with Gasteiger partial charge < -0.3 is 19.5 Å². The Morgan fingerprint density at radius 3 is 2.31 bits per heavy atom. The second-order valence-corrected chi connectivity index (χ2v) is 10.3. The van der Waals surface area contributed by atoms with Crippen molar-refractivity contribution in [2.45, 2.75) is 63.9 Å². The summed E-state index contributed by atoms with van der Waals surface area (Å²) in [4.78, 5) is 14.1. The maximum atomic E-state index is 12.2. The zero-order valence-electron chi connectivity index (χ0n) is 21.4. The summed E-state index contributed by atoms with van der Waals surface area (Å²) in [5.74, 6) is 1.97. The van der Waals surface area contributed by atoms with Crippen LogP contribution in [0.15, 0.2) is 48.5 Å². The second-order valence-electron chi connectivity index (χ2n) is 10.3. The van der Waals surface area contributed by atoms with Gasteiger partial charge in [-0.2, -0.15) is 0 Å². The van der Waals surface area contributed by atoms with E-state index in [-0.39, 0.29) is 5.78 Å². The Kier molecular flexibility index (Phi) is 8.85. The van der Waals surface area contributed by atoms with Gasteiger partial charge in [0.15, 0.2) is 17.3 Å². The van der Waals surface area contributed by atoms with Crippen LogP contribution in [0.5, 0.6) is 11.5 Å². The normalized spacial score (nSPS) is 19.7. The van der Waals surface area contributed by atoms with Gasteiger partial charge in [-0.3, -0.25) is 4.79 Å². The molecule has 0 amide bonds. The van der Waals surface area contributed by atoms with E-state index in [9.17, 15) is 9.90 Å². The van der Waals surface area contributed by atoms with Crippen LogP contribution < -0.4 is 9.47 Å². The van der Waals surface area contributed by atoms with Crippen molar-refractivity contribution in [1.82, 2.24) is 4.90 Å². The minimum Gasteiger partial charge on any atom is -0.493 e. The highest BCUT2D eigenvalue weighted by atomic mass is 16.5. The van der Waals surface area contributed by atoms with E-state index in [2.05, 4.69) is 29.2 Å². The molecular formula is C30H41NO4. The average molecular weight is 480 g/mol. The first kappa shape index (κ1) is 25.7. The van der Waals surface area contributed by atoms with E-state index >= 15 is 0 Å². The van der Waals surface area contributed by atoms with Gasteiger partial charge in [0.2, 0.25) is 0 Å². The lowest BCUT2D eigenvalue weighted by molar-refractivity contribution is -0.105. The van der Waals surface area contributed by atoms with Gasteiger partial charge >= 0.3 is 0 Å². The third kappa shape index (κ3) is 6.07. The number of Topliss-reactive ketones (excluding diaryl/α,β-unsaturated/α-hetero) is 1. The molecule has 1 heterocycles. The van der Waals surface area contributed by atoms with Gasteiger partial charge in [-0.25, -0.2) is 0 Å². The fourth-order valence-corrected chi connectivity index (χ4v) is 6.13. The number of methoxy groups -OCH3 is 1. The minimum atomic E-state index is -0.709. The summed E-state index contributed by atoms with van der Waals surface area (Å²) in [6, 6.07) is 15.8. The van der Waals surface area contributed by atoms with E-state index in [4.69, 9.17) is 9.47 Å². The molecule has 0 bridgehead atoms. The van der Waals surface area contributed by atoms with Gasteiger partial charge in [0.05, 0.1) is 19.3 Å². The molecule has 1 saturated heterocycles. The van der Waals surface area contributed by atoms with E-state index in [0.29, 0.717) is 35.5 Å². The number of hydrogen-bond acceptors (Lipinski definition) is 5. The number of ether oxygens (including phenoxy) is 2. The SMILES string of the molecule is COc1cc(C(C)=O)ccc1OCCCN1CCC(C(O)(c2ccccc2)C2CCCCC2)CC1. The molecule has 0 spiro atoms. The van der Waals surface area contributed by atoms with Gasteiger partial charge in [-0.1, -0.05) is 49.6 Å². The molecule has 4 rings (SSSR count). The van der Waals surface area contributed by atoms with Gasteiger partial charge in [-0.15, -0.1) is 0 Å². The highest BCUT2D eigenvalue weighted by Crippen LogP contribution is 2.47. The Morgan fingerprint density at radius 2 is 1.66 bits per heavy atom. The standard InChI is InChI=1S/C30H41NO4/c1-23(32)24-14-15-28(29(22-24)34-2)35-21-9-18-31-19-16-27(17-20-31)30(33,25-10-5-3-6-11-25)26-12-7-4-8-13-26/h3,5-6,10-11,14-15,22,26-27,33H,4,7-9,12-13,16-21H2,1-2H3. The monoisotopic (exact) mass is 479 g/mol. The third-order valence-electron chi connectivity index (χ3n) is 8.12. The van der Waals surface area contributed by atoms with E-state index in [1.165, 1.54) is 19.3 Å². The summed E-state index contributed by atoms with van der Waals surface area (Å²) >= 11 is 0. The molecule has 1 N–H and O–H groups in total. The first-order valence-corrected chi connectivity index (χ1v) is 13.3. The summed E-state index contributed by atoms with van der Waals surface area (Å²) in [7, 11) is 1.60. The predicted molar refractivity (Wildman–Crippen MR) is 139 cm³/mol. The molecule has 1 aliphatic carbocycles. The Bertz CT molecular complexity index is 948. The molecule has 5 heteroatoms. The Balaban J connectivity index is 1.29. The molecule has 190 valence electrons. The van der Waals surface area contributed by atoms with Crippen molar-refractivity contribution in [3.05, 3.63) is 59.7 Å². The molecule has 2 aromatic rings. The number of hydrogen-bond donors (Lipinski definition) is 1. The fourth-order valence-electron chi connectivity index (χ4n) is 6.13. The molecule has 35 heavy (non-hydrogen) atoms. The van der Waals surface area contributed by atoms with Crippen LogP contribution in [0.2, 0.25) is 0 Å². The maximum absolute atomic E-state index is 12.2. The summed E-state index contributed by atoms with van der Waals surface area (Å²) in [5.41, 5.74) is 1.03. The Labute approximate surface area is 210 Å². The zero-order valence-corrected chi connectivity index (χ0v) is 21.4. The van der Waals surface area contributed by atoms with E-state index in [0.717, 1.165) is 57.3 Å². The molecule has 1 unspecified atom stereocenters. The van der Waals surface area contributed by atoms with Gasteiger partial charge in [-0.05, 0) is 87.7 Å². The number of benzene rings is 2. The molecule has 1 saturated carbocycles. The topological polar surface area (TPSA) is 59.0 Å². The van der Waals surface area contributed by atoms with Crippen molar-refractivity contribution >= 4 is 5.78 Å². The van der Waals surface area contributed by atoms with Crippen LogP contribution in [0.25, 0.3) is 0 Å². The summed E-state index contributed by atoms with van der Waals surface area (Å²) in [6.45, 7) is 5.17. The van der Waals surface area contributed by atoms with Crippen molar-refractivity contribution in [2.24, 2.45) is 11.8 Å². The largest absolute Gasteiger partial charge is 0.493 e. The molecule has 5 nitrogen and oxygen atoms in total. The predicted octanol–water partition coefficient (Wildman–Crippen LogP) is 5.85. The number of nitrogens with zero attached hydrogens (tertiary/aromatic N) is 1. The van der Waals surface area contributed by atoms with E-state index in [1.807, 2.05) is 12.1 Å². The van der Waals surface area contributed by atoms with Gasteiger partial charge in [0, 0.05) is 12.1 Å². The molecule has 0 aromatic heterocycles. The number of carbonyl (C=O) groups excluding carboxylic acids is 1. The minimum absolute atomic E-state index is 0.0147. The number of ketones is 1. The van der Waals surface area contributed by atoms with Crippen LogP contribution in [0.1, 0.15) is 74.2 Å². The van der Waals surface area contributed by atoms with E-state index < -0.39 is 5.60 Å². The quantitative estimate of drug-likeness (QED) is 0.342. The smallest absolute Gasteiger partial charge is 0.161 e. The van der Waals surface area contributed by atoms with E-state index in [1.54, 1.807) is 26.2 Å². The molecule has 2 aliphatic rings. The third-order valence-corrected chi connectivity index (χ3v) is 8.12. The van der Waals surface area contributed by atoms with Crippen molar-refractivity contribution in [3.8, 4) is 11.5 Å². The van der Waals surface area contributed by atoms with Crippen LogP contribution in [0.4, 0.5) is 0 Å². The van der Waals surface area contributed by atoms with Crippen LogP contribution in [-0.4, -0.2) is 49.1 Å². The van der Waals surface area contributed by atoms with Crippen molar-refractivity contribution in [2.75, 3.05) is 33.4 Å². The average Bonchev–Trinajstić information content (AvgIpc) is 2.92. The second kappa shape index (κ2) is 12.0. The number of carbonyl (C=O) groups is 1. The molecule has 2 fully saturated rings. The number of aliphatic hydroxyl groups is 1. The molecule has 2 aromatic carbocycles. The lowest BCUT2D eigenvalue weighted by Gasteiger charge is -2.47. The fraction of sp³-hybridized carbons (Fsp3) is 0.567. The summed E-state index contributed by atoms with van der Waals surface area (Å²) < 4.78 is 11.4. The zero-order chi connectivity index (χ0) is 24.7. The first-order chi connectivity index (χ1) is 17.0. The van der Waals surface area contributed by atoms with Gasteiger partial charge in [0.25, 0.3) is 0 Å². The number of rotatable bonds is 10. The first-order valence-electron chi connectivity index (χ1n) is 13.3. The molecule has 0 radical (unpaired) electrons. The summed E-state index contributed by atoms with van der Waals surface area (Å²) in [5, 5.41) is 12.2. The lowest BCUT2D eigenvalue weighted by Crippen LogP contribution is -2.48. The highest BCUT2D eigenvalue weighted by Gasteiger charge is 2.46. The maximum Gasteiger partial charge on any atom is 0.161 e. The van der Waals surface area contributed by atoms with Crippen LogP contribution >= 0.6 is 0 Å². The van der Waals surface area contributed by atoms with Crippen LogP contribution in [0, 0.1) is 11.8 Å². The van der Waals surface area contributed by atoms with Gasteiger partial charge in [0.1, 0.15) is 0 Å².